The lowest BCUT2D eigenvalue weighted by Gasteiger charge is -2.13. The molecule has 1 atom stereocenters. The molecule has 0 aliphatic carbocycles. The van der Waals surface area contributed by atoms with Crippen LogP contribution in [-0.2, 0) is 6.42 Å². The summed E-state index contributed by atoms with van der Waals surface area (Å²) in [4.78, 5) is 4.46. The van der Waals surface area contributed by atoms with Crippen molar-refractivity contribution in [3.63, 3.8) is 0 Å². The van der Waals surface area contributed by atoms with E-state index in [-0.39, 0.29) is 6.04 Å². The lowest BCUT2D eigenvalue weighted by atomic mass is 10.0. The van der Waals surface area contributed by atoms with Gasteiger partial charge in [-0.2, -0.15) is 5.10 Å². The molecule has 0 aliphatic heterocycles. The fourth-order valence-corrected chi connectivity index (χ4v) is 2.21. The Hall–Kier alpha value is -1.68. The summed E-state index contributed by atoms with van der Waals surface area (Å²) in [5.74, 6) is 0. The van der Waals surface area contributed by atoms with Crippen molar-refractivity contribution in [2.24, 2.45) is 5.73 Å². The van der Waals surface area contributed by atoms with Gasteiger partial charge in [-0.15, -0.1) is 0 Å². The van der Waals surface area contributed by atoms with Crippen molar-refractivity contribution in [2.75, 3.05) is 0 Å². The number of hydrogen-bond donors (Lipinski definition) is 1. The van der Waals surface area contributed by atoms with Crippen molar-refractivity contribution in [2.45, 2.75) is 46.2 Å². The van der Waals surface area contributed by atoms with Crippen molar-refractivity contribution in [3.05, 3.63) is 47.0 Å². The maximum Gasteiger partial charge on any atom is 0.0644 e. The Kier molecular flexibility index (Phi) is 4.00. The van der Waals surface area contributed by atoms with E-state index in [0.29, 0.717) is 6.04 Å². The molecule has 0 fully saturated rings. The molecule has 0 spiro atoms. The lowest BCUT2D eigenvalue weighted by molar-refractivity contribution is 0.522. The van der Waals surface area contributed by atoms with Gasteiger partial charge in [0.2, 0.25) is 0 Å². The third-order valence-electron chi connectivity index (χ3n) is 3.23. The summed E-state index contributed by atoms with van der Waals surface area (Å²) >= 11 is 0. The van der Waals surface area contributed by atoms with Crippen molar-refractivity contribution in [3.8, 4) is 0 Å². The van der Waals surface area contributed by atoms with Crippen LogP contribution in [0.15, 0.2) is 24.5 Å². The SMILES string of the molecule is Cc1cnc(C(N)Cc2ccn(C(C)C)n2)c(C)c1. The first-order valence-electron chi connectivity index (χ1n) is 6.70. The van der Waals surface area contributed by atoms with Gasteiger partial charge < -0.3 is 5.73 Å². The summed E-state index contributed by atoms with van der Waals surface area (Å²) in [6, 6.07) is 4.43. The molecule has 2 rings (SSSR count). The summed E-state index contributed by atoms with van der Waals surface area (Å²) in [6.07, 6.45) is 4.59. The molecule has 2 heterocycles. The van der Waals surface area contributed by atoms with E-state index in [2.05, 4.69) is 36.9 Å². The van der Waals surface area contributed by atoms with Gasteiger partial charge >= 0.3 is 0 Å². The third kappa shape index (κ3) is 3.20. The standard InChI is InChI=1S/C15H22N4/c1-10(2)19-6-5-13(18-19)8-14(16)15-12(4)7-11(3)9-17-15/h5-7,9-10,14H,8,16H2,1-4H3. The predicted molar refractivity (Wildman–Crippen MR) is 77.0 cm³/mol. The van der Waals surface area contributed by atoms with Gasteiger partial charge in [0.1, 0.15) is 0 Å². The Balaban J connectivity index is 2.13. The van der Waals surface area contributed by atoms with Gasteiger partial charge in [0.05, 0.1) is 17.4 Å². The summed E-state index contributed by atoms with van der Waals surface area (Å²) in [7, 11) is 0. The van der Waals surface area contributed by atoms with Crippen LogP contribution in [0.1, 0.15) is 48.4 Å². The maximum atomic E-state index is 6.25. The van der Waals surface area contributed by atoms with Crippen molar-refractivity contribution >= 4 is 0 Å². The van der Waals surface area contributed by atoms with Crippen LogP contribution in [0.2, 0.25) is 0 Å². The minimum Gasteiger partial charge on any atom is -0.322 e. The minimum atomic E-state index is -0.101. The Labute approximate surface area is 114 Å². The molecular weight excluding hydrogens is 236 g/mol. The smallest absolute Gasteiger partial charge is 0.0644 e. The molecule has 2 aromatic rings. The molecule has 0 bridgehead atoms. The molecule has 4 heteroatoms. The van der Waals surface area contributed by atoms with Crippen LogP contribution in [0.3, 0.4) is 0 Å². The first-order chi connectivity index (χ1) is 8.97. The molecule has 0 saturated heterocycles. The van der Waals surface area contributed by atoms with E-state index < -0.39 is 0 Å². The average molecular weight is 258 g/mol. The van der Waals surface area contributed by atoms with Gasteiger partial charge in [-0.05, 0) is 44.9 Å². The Morgan fingerprint density at radius 2 is 2.05 bits per heavy atom. The van der Waals surface area contributed by atoms with Gasteiger partial charge in [0.15, 0.2) is 0 Å². The number of nitrogens with two attached hydrogens (primary N) is 1. The Morgan fingerprint density at radius 3 is 2.63 bits per heavy atom. The summed E-state index contributed by atoms with van der Waals surface area (Å²) in [5, 5.41) is 4.53. The van der Waals surface area contributed by atoms with E-state index >= 15 is 0 Å². The molecule has 2 aromatic heterocycles. The molecule has 0 saturated carbocycles. The fraction of sp³-hybridized carbons (Fsp3) is 0.467. The molecular formula is C15H22N4. The number of aryl methyl sites for hydroxylation is 2. The maximum absolute atomic E-state index is 6.25. The second-order valence-electron chi connectivity index (χ2n) is 5.41. The van der Waals surface area contributed by atoms with Gasteiger partial charge in [-0.3, -0.25) is 9.67 Å². The molecule has 0 aromatic carbocycles. The Morgan fingerprint density at radius 1 is 1.32 bits per heavy atom. The van der Waals surface area contributed by atoms with E-state index in [1.54, 1.807) is 0 Å². The number of pyridine rings is 1. The molecule has 19 heavy (non-hydrogen) atoms. The number of hydrogen-bond acceptors (Lipinski definition) is 3. The normalized spacial score (nSPS) is 12.9. The van der Waals surface area contributed by atoms with Crippen LogP contribution < -0.4 is 5.73 Å². The van der Waals surface area contributed by atoms with Crippen LogP contribution in [-0.4, -0.2) is 14.8 Å². The second kappa shape index (κ2) is 5.53. The van der Waals surface area contributed by atoms with Gasteiger partial charge in [0.25, 0.3) is 0 Å². The zero-order valence-electron chi connectivity index (χ0n) is 12.1. The highest BCUT2D eigenvalue weighted by molar-refractivity contribution is 5.26. The third-order valence-corrected chi connectivity index (χ3v) is 3.23. The zero-order valence-corrected chi connectivity index (χ0v) is 12.1. The average Bonchev–Trinajstić information content (AvgIpc) is 2.77. The van der Waals surface area contributed by atoms with Crippen LogP contribution >= 0.6 is 0 Å². The molecule has 0 radical (unpaired) electrons. The van der Waals surface area contributed by atoms with E-state index in [1.165, 1.54) is 0 Å². The summed E-state index contributed by atoms with van der Waals surface area (Å²) in [5.41, 5.74) is 10.5. The molecule has 1 unspecified atom stereocenters. The number of rotatable bonds is 4. The second-order valence-corrected chi connectivity index (χ2v) is 5.41. The summed E-state index contributed by atoms with van der Waals surface area (Å²) < 4.78 is 1.96. The van der Waals surface area contributed by atoms with Gasteiger partial charge in [-0.25, -0.2) is 0 Å². The largest absolute Gasteiger partial charge is 0.322 e. The number of aromatic nitrogens is 3. The minimum absolute atomic E-state index is 0.101. The highest BCUT2D eigenvalue weighted by Gasteiger charge is 2.13. The van der Waals surface area contributed by atoms with E-state index in [9.17, 15) is 0 Å². The van der Waals surface area contributed by atoms with Crippen molar-refractivity contribution < 1.29 is 0 Å². The molecule has 0 amide bonds. The van der Waals surface area contributed by atoms with Crippen LogP contribution in [0.25, 0.3) is 0 Å². The summed E-state index contributed by atoms with van der Waals surface area (Å²) in [6.45, 7) is 8.33. The molecule has 2 N–H and O–H groups in total. The fourth-order valence-electron chi connectivity index (χ4n) is 2.21. The topological polar surface area (TPSA) is 56.7 Å². The molecule has 102 valence electrons. The van der Waals surface area contributed by atoms with E-state index in [1.807, 2.05) is 30.1 Å². The van der Waals surface area contributed by atoms with Crippen LogP contribution in [0.5, 0.6) is 0 Å². The predicted octanol–water partition coefficient (Wildman–Crippen LogP) is 2.72. The van der Waals surface area contributed by atoms with Crippen molar-refractivity contribution in [1.29, 1.82) is 0 Å². The van der Waals surface area contributed by atoms with E-state index in [0.717, 1.165) is 28.9 Å². The first-order valence-corrected chi connectivity index (χ1v) is 6.70. The monoisotopic (exact) mass is 258 g/mol. The molecule has 0 aliphatic rings. The lowest BCUT2D eigenvalue weighted by Crippen LogP contribution is -2.17. The van der Waals surface area contributed by atoms with Crippen molar-refractivity contribution in [1.82, 2.24) is 14.8 Å². The zero-order chi connectivity index (χ0) is 14.0. The first kappa shape index (κ1) is 13.7. The van der Waals surface area contributed by atoms with Crippen LogP contribution in [0.4, 0.5) is 0 Å². The number of nitrogens with zero attached hydrogens (tertiary/aromatic N) is 3. The quantitative estimate of drug-likeness (QED) is 0.917. The highest BCUT2D eigenvalue weighted by Crippen LogP contribution is 2.18. The van der Waals surface area contributed by atoms with Crippen LogP contribution in [0, 0.1) is 13.8 Å². The van der Waals surface area contributed by atoms with E-state index in [4.69, 9.17) is 5.73 Å². The molecule has 4 nitrogen and oxygen atoms in total. The highest BCUT2D eigenvalue weighted by atomic mass is 15.3. The van der Waals surface area contributed by atoms with Gasteiger partial charge in [-0.1, -0.05) is 6.07 Å². The van der Waals surface area contributed by atoms with Gasteiger partial charge in [0, 0.05) is 24.9 Å². The Bertz CT molecular complexity index is 557.